The van der Waals surface area contributed by atoms with Crippen molar-refractivity contribution in [2.45, 2.75) is 6.10 Å². The molecule has 1 fully saturated rings. The van der Waals surface area contributed by atoms with Crippen LogP contribution in [0.25, 0.3) is 0 Å². The Labute approximate surface area is 191 Å². The number of aliphatic hydroxyl groups is 1. The van der Waals surface area contributed by atoms with Crippen LogP contribution in [0.4, 0.5) is 10.5 Å². The van der Waals surface area contributed by atoms with Crippen LogP contribution < -0.4 is 24.4 Å². The molecule has 2 N–H and O–H groups in total. The van der Waals surface area contributed by atoms with E-state index >= 15 is 0 Å². The van der Waals surface area contributed by atoms with Crippen LogP contribution in [0.2, 0.25) is 5.02 Å². The summed E-state index contributed by atoms with van der Waals surface area (Å²) in [5.41, 5.74) is 0.545. The number of carbonyl (C=O) groups excluding carboxylic acids is 2. The number of amides is 3. The normalized spacial score (nSPS) is 14.6. The summed E-state index contributed by atoms with van der Waals surface area (Å²) in [5, 5.41) is 13.6. The zero-order chi connectivity index (χ0) is 23.1. The summed E-state index contributed by atoms with van der Waals surface area (Å²) in [6, 6.07) is 11.6. The first-order valence-electron chi connectivity index (χ1n) is 10.0. The maximum absolute atomic E-state index is 12.7. The molecule has 0 saturated carbocycles. The Morgan fingerprint density at radius 1 is 1.09 bits per heavy atom. The number of para-hydroxylation sites is 1. The molecule has 0 spiro atoms. The van der Waals surface area contributed by atoms with Gasteiger partial charge in [0, 0.05) is 31.4 Å². The molecule has 1 heterocycles. The Balaban J connectivity index is 1.46. The van der Waals surface area contributed by atoms with Gasteiger partial charge in [0.25, 0.3) is 5.91 Å². The molecule has 2 aromatic rings. The molecule has 3 rings (SSSR count). The topological polar surface area (TPSA) is 101 Å². The van der Waals surface area contributed by atoms with Crippen LogP contribution in [0.1, 0.15) is 0 Å². The molecule has 10 heteroatoms. The van der Waals surface area contributed by atoms with Crippen LogP contribution in [0.3, 0.4) is 0 Å². The van der Waals surface area contributed by atoms with Crippen molar-refractivity contribution in [1.82, 2.24) is 10.2 Å². The predicted molar refractivity (Wildman–Crippen MR) is 120 cm³/mol. The molecule has 9 nitrogen and oxygen atoms in total. The Morgan fingerprint density at radius 2 is 1.84 bits per heavy atom. The number of hydrogen-bond donors (Lipinski definition) is 2. The number of nitrogens with zero attached hydrogens (tertiary/aromatic N) is 2. The minimum absolute atomic E-state index is 0.0530. The lowest BCUT2D eigenvalue weighted by Crippen LogP contribution is -2.40. The lowest BCUT2D eigenvalue weighted by atomic mass is 10.2. The van der Waals surface area contributed by atoms with Gasteiger partial charge in [0.2, 0.25) is 0 Å². The molecule has 0 aromatic heterocycles. The standard InChI is InChI=1S/C22H26ClN3O6/c1-30-19-8-7-15(11-20(19)31-2)26-13-21(28)25(22(26)29)10-9-24-12-16(27)14-32-18-6-4-3-5-17(18)23/h3-8,11,16,24,27H,9-10,12-14H2,1-2H3. The number of methoxy groups -OCH3 is 2. The van der Waals surface area contributed by atoms with E-state index in [2.05, 4.69) is 5.32 Å². The van der Waals surface area contributed by atoms with Crippen LogP contribution in [-0.2, 0) is 4.79 Å². The Kier molecular flexibility index (Phi) is 8.15. The summed E-state index contributed by atoms with van der Waals surface area (Å²) in [6.45, 7) is 0.758. The summed E-state index contributed by atoms with van der Waals surface area (Å²) in [5.74, 6) is 1.21. The summed E-state index contributed by atoms with van der Waals surface area (Å²) in [7, 11) is 3.03. The number of anilines is 1. The molecule has 1 aliphatic heterocycles. The van der Waals surface area contributed by atoms with E-state index in [1.54, 1.807) is 42.5 Å². The molecular formula is C22H26ClN3O6. The van der Waals surface area contributed by atoms with Gasteiger partial charge in [-0.3, -0.25) is 14.6 Å². The van der Waals surface area contributed by atoms with Crippen molar-refractivity contribution in [2.24, 2.45) is 0 Å². The highest BCUT2D eigenvalue weighted by Gasteiger charge is 2.36. The third-order valence-corrected chi connectivity index (χ3v) is 5.21. The van der Waals surface area contributed by atoms with E-state index in [1.165, 1.54) is 24.0 Å². The molecule has 0 aliphatic carbocycles. The number of benzene rings is 2. The smallest absolute Gasteiger partial charge is 0.331 e. The fourth-order valence-corrected chi connectivity index (χ4v) is 3.41. The van der Waals surface area contributed by atoms with E-state index in [1.807, 2.05) is 0 Å². The number of hydrogen-bond acceptors (Lipinski definition) is 7. The van der Waals surface area contributed by atoms with Gasteiger partial charge in [0.15, 0.2) is 11.5 Å². The third-order valence-electron chi connectivity index (χ3n) is 4.90. The highest BCUT2D eigenvalue weighted by molar-refractivity contribution is 6.32. The van der Waals surface area contributed by atoms with Crippen LogP contribution in [0.15, 0.2) is 42.5 Å². The second kappa shape index (κ2) is 11.0. The molecule has 1 aliphatic rings. The van der Waals surface area contributed by atoms with Crippen molar-refractivity contribution in [3.8, 4) is 17.2 Å². The SMILES string of the molecule is COc1ccc(N2CC(=O)N(CCNCC(O)COc3ccccc3Cl)C2=O)cc1OC. The molecule has 0 radical (unpaired) electrons. The zero-order valence-corrected chi connectivity index (χ0v) is 18.7. The van der Waals surface area contributed by atoms with Crippen molar-refractivity contribution in [2.75, 3.05) is 51.9 Å². The Morgan fingerprint density at radius 3 is 2.56 bits per heavy atom. The van der Waals surface area contributed by atoms with Gasteiger partial charge in [-0.05, 0) is 24.3 Å². The van der Waals surface area contributed by atoms with Gasteiger partial charge in [-0.2, -0.15) is 0 Å². The molecule has 1 atom stereocenters. The van der Waals surface area contributed by atoms with E-state index < -0.39 is 12.1 Å². The van der Waals surface area contributed by atoms with Gasteiger partial charge in [-0.25, -0.2) is 4.79 Å². The minimum Gasteiger partial charge on any atom is -0.493 e. The first-order valence-corrected chi connectivity index (χ1v) is 10.4. The van der Waals surface area contributed by atoms with Crippen molar-refractivity contribution >= 4 is 29.2 Å². The maximum Gasteiger partial charge on any atom is 0.331 e. The van der Waals surface area contributed by atoms with E-state index in [0.717, 1.165) is 0 Å². The number of nitrogens with one attached hydrogen (secondary N) is 1. The second-order valence-corrected chi connectivity index (χ2v) is 7.46. The number of halogens is 1. The van der Waals surface area contributed by atoms with Crippen molar-refractivity contribution in [3.05, 3.63) is 47.5 Å². The summed E-state index contributed by atoms with van der Waals surface area (Å²) < 4.78 is 16.0. The van der Waals surface area contributed by atoms with Gasteiger partial charge < -0.3 is 24.6 Å². The summed E-state index contributed by atoms with van der Waals surface area (Å²) >= 11 is 6.01. The first kappa shape index (κ1) is 23.6. The highest BCUT2D eigenvalue weighted by atomic mass is 35.5. The average molecular weight is 464 g/mol. The number of ether oxygens (including phenoxy) is 3. The van der Waals surface area contributed by atoms with Crippen LogP contribution in [0, 0.1) is 0 Å². The maximum atomic E-state index is 12.7. The Hall–Kier alpha value is -3.01. The average Bonchev–Trinajstić information content (AvgIpc) is 3.09. The first-order chi connectivity index (χ1) is 15.4. The number of imide groups is 1. The van der Waals surface area contributed by atoms with Gasteiger partial charge in [-0.1, -0.05) is 23.7 Å². The van der Waals surface area contributed by atoms with Crippen LogP contribution in [0.5, 0.6) is 17.2 Å². The van der Waals surface area contributed by atoms with E-state index in [-0.39, 0.29) is 32.1 Å². The van der Waals surface area contributed by atoms with Gasteiger partial charge in [-0.15, -0.1) is 0 Å². The van der Waals surface area contributed by atoms with E-state index in [0.29, 0.717) is 34.5 Å². The van der Waals surface area contributed by atoms with Gasteiger partial charge in [0.1, 0.15) is 25.0 Å². The highest BCUT2D eigenvalue weighted by Crippen LogP contribution is 2.33. The van der Waals surface area contributed by atoms with Crippen LogP contribution in [-0.4, -0.2) is 75.1 Å². The fourth-order valence-electron chi connectivity index (χ4n) is 3.22. The van der Waals surface area contributed by atoms with Crippen LogP contribution >= 0.6 is 11.6 Å². The molecule has 32 heavy (non-hydrogen) atoms. The number of rotatable bonds is 11. The Bertz CT molecular complexity index is 957. The van der Waals surface area contributed by atoms with E-state index in [9.17, 15) is 14.7 Å². The summed E-state index contributed by atoms with van der Waals surface area (Å²) in [4.78, 5) is 27.7. The molecule has 2 aromatic carbocycles. The lowest BCUT2D eigenvalue weighted by molar-refractivity contribution is -0.124. The third kappa shape index (κ3) is 5.61. The van der Waals surface area contributed by atoms with Gasteiger partial charge in [0.05, 0.1) is 19.2 Å². The molecule has 1 unspecified atom stereocenters. The van der Waals surface area contributed by atoms with Crippen molar-refractivity contribution in [1.29, 1.82) is 0 Å². The summed E-state index contributed by atoms with van der Waals surface area (Å²) in [6.07, 6.45) is -0.778. The minimum atomic E-state index is -0.778. The molecule has 3 amide bonds. The zero-order valence-electron chi connectivity index (χ0n) is 17.9. The quantitative estimate of drug-likeness (QED) is 0.389. The fraction of sp³-hybridized carbons (Fsp3) is 0.364. The monoisotopic (exact) mass is 463 g/mol. The van der Waals surface area contributed by atoms with E-state index in [4.69, 9.17) is 25.8 Å². The van der Waals surface area contributed by atoms with Crippen molar-refractivity contribution in [3.63, 3.8) is 0 Å². The molecular weight excluding hydrogens is 438 g/mol. The van der Waals surface area contributed by atoms with Crippen molar-refractivity contribution < 1.29 is 28.9 Å². The number of carbonyl (C=O) groups is 2. The number of urea groups is 1. The molecule has 0 bridgehead atoms. The molecule has 172 valence electrons. The second-order valence-electron chi connectivity index (χ2n) is 7.05. The molecule has 1 saturated heterocycles. The largest absolute Gasteiger partial charge is 0.493 e. The lowest BCUT2D eigenvalue weighted by Gasteiger charge is -2.19. The predicted octanol–water partition coefficient (Wildman–Crippen LogP) is 2.16. The number of aliphatic hydroxyl groups excluding tert-OH is 1. The van der Waals surface area contributed by atoms with Gasteiger partial charge >= 0.3 is 6.03 Å².